The molecule has 0 spiro atoms. The van der Waals surface area contributed by atoms with Crippen LogP contribution in [0.5, 0.6) is 6.01 Å². The van der Waals surface area contributed by atoms with Crippen molar-refractivity contribution in [3.8, 4) is 6.01 Å². The van der Waals surface area contributed by atoms with Gasteiger partial charge < -0.3 is 4.74 Å². The second-order valence-corrected chi connectivity index (χ2v) is 2.68. The molecule has 1 heterocycles. The molecule has 0 radical (unpaired) electrons. The third-order valence-electron chi connectivity index (χ3n) is 1.55. The zero-order valence-electron chi connectivity index (χ0n) is 7.84. The van der Waals surface area contributed by atoms with E-state index in [0.29, 0.717) is 6.61 Å². The van der Waals surface area contributed by atoms with Gasteiger partial charge in [-0.1, -0.05) is 13.3 Å². The maximum Gasteiger partial charge on any atom is 0.316 e. The molecule has 0 aliphatic carbocycles. The lowest BCUT2D eigenvalue weighted by Crippen LogP contribution is -2.01. The number of hydrogen-bond donors (Lipinski definition) is 0. The van der Waals surface area contributed by atoms with Crippen molar-refractivity contribution < 1.29 is 9.66 Å². The van der Waals surface area contributed by atoms with Crippen LogP contribution in [0.2, 0.25) is 0 Å². The molecule has 0 unspecified atom stereocenters. The third-order valence-corrected chi connectivity index (χ3v) is 1.55. The summed E-state index contributed by atoms with van der Waals surface area (Å²) < 4.78 is 5.14. The molecule has 6 heteroatoms. The zero-order chi connectivity index (χ0) is 10.4. The van der Waals surface area contributed by atoms with Crippen LogP contribution in [0.1, 0.15) is 19.8 Å². The molecule has 0 saturated heterocycles. The van der Waals surface area contributed by atoms with Gasteiger partial charge in [-0.3, -0.25) is 10.1 Å². The second-order valence-electron chi connectivity index (χ2n) is 2.68. The highest BCUT2D eigenvalue weighted by atomic mass is 16.6. The van der Waals surface area contributed by atoms with Crippen molar-refractivity contribution in [3.05, 3.63) is 22.5 Å². The third kappa shape index (κ3) is 2.96. The summed E-state index contributed by atoms with van der Waals surface area (Å²) in [7, 11) is 0. The number of rotatable bonds is 5. The van der Waals surface area contributed by atoms with Crippen LogP contribution in [0.15, 0.2) is 12.4 Å². The van der Waals surface area contributed by atoms with Crippen molar-refractivity contribution in [2.75, 3.05) is 6.61 Å². The van der Waals surface area contributed by atoms with Crippen LogP contribution in [-0.2, 0) is 0 Å². The quantitative estimate of drug-likeness (QED) is 0.406. The summed E-state index contributed by atoms with van der Waals surface area (Å²) in [5, 5.41) is 10.3. The standard InChI is InChI=1S/C8H11N3O3/c1-2-3-4-14-8-9-5-7(6-10-8)11(12)13/h5-6H,2-4H2,1H3. The van der Waals surface area contributed by atoms with Gasteiger partial charge in [-0.05, 0) is 6.42 Å². The van der Waals surface area contributed by atoms with Gasteiger partial charge in [0.05, 0.1) is 11.5 Å². The lowest BCUT2D eigenvalue weighted by atomic mass is 10.4. The highest BCUT2D eigenvalue weighted by molar-refractivity contribution is 5.21. The Morgan fingerprint density at radius 3 is 2.64 bits per heavy atom. The molecule has 0 aliphatic rings. The number of unbranched alkanes of at least 4 members (excludes halogenated alkanes) is 1. The Bertz CT molecular complexity index is 299. The van der Waals surface area contributed by atoms with E-state index in [0.717, 1.165) is 25.2 Å². The van der Waals surface area contributed by atoms with Crippen molar-refractivity contribution in [3.63, 3.8) is 0 Å². The van der Waals surface area contributed by atoms with E-state index in [1.165, 1.54) is 0 Å². The molecule has 0 aliphatic heterocycles. The molecule has 0 saturated carbocycles. The highest BCUT2D eigenvalue weighted by Gasteiger charge is 2.06. The first kappa shape index (κ1) is 10.4. The molecule has 0 bridgehead atoms. The molecular formula is C8H11N3O3. The molecule has 1 aromatic heterocycles. The van der Waals surface area contributed by atoms with Crippen molar-refractivity contribution in [2.24, 2.45) is 0 Å². The van der Waals surface area contributed by atoms with Crippen LogP contribution >= 0.6 is 0 Å². The molecule has 1 aromatic rings. The number of ether oxygens (including phenoxy) is 1. The number of nitrogens with zero attached hydrogens (tertiary/aromatic N) is 3. The van der Waals surface area contributed by atoms with E-state index in [4.69, 9.17) is 4.74 Å². The van der Waals surface area contributed by atoms with Crippen molar-refractivity contribution in [2.45, 2.75) is 19.8 Å². The topological polar surface area (TPSA) is 78.2 Å². The summed E-state index contributed by atoms with van der Waals surface area (Å²) in [6.07, 6.45) is 4.20. The summed E-state index contributed by atoms with van der Waals surface area (Å²) in [5.41, 5.74) is -0.132. The molecule has 0 atom stereocenters. The number of aromatic nitrogens is 2. The predicted octanol–water partition coefficient (Wildman–Crippen LogP) is 1.56. The molecule has 6 nitrogen and oxygen atoms in total. The Morgan fingerprint density at radius 1 is 1.50 bits per heavy atom. The fourth-order valence-corrected chi connectivity index (χ4v) is 0.786. The Hall–Kier alpha value is -1.72. The SMILES string of the molecule is CCCCOc1ncc([N+](=O)[O-])cn1. The van der Waals surface area contributed by atoms with Gasteiger partial charge in [-0.15, -0.1) is 0 Å². The highest BCUT2D eigenvalue weighted by Crippen LogP contribution is 2.09. The largest absolute Gasteiger partial charge is 0.463 e. The van der Waals surface area contributed by atoms with Gasteiger partial charge in [0.2, 0.25) is 0 Å². The first-order valence-electron chi connectivity index (χ1n) is 4.33. The summed E-state index contributed by atoms with van der Waals surface area (Å²) in [4.78, 5) is 17.1. The molecule has 0 aromatic carbocycles. The van der Waals surface area contributed by atoms with Crippen molar-refractivity contribution in [1.82, 2.24) is 9.97 Å². The Morgan fingerprint density at radius 2 is 2.14 bits per heavy atom. The second kappa shape index (κ2) is 5.11. The first-order chi connectivity index (χ1) is 6.74. The predicted molar refractivity (Wildman–Crippen MR) is 49.1 cm³/mol. The summed E-state index contributed by atoms with van der Waals surface area (Å²) >= 11 is 0. The monoisotopic (exact) mass is 197 g/mol. The molecule has 0 fully saturated rings. The van der Waals surface area contributed by atoms with Crippen molar-refractivity contribution in [1.29, 1.82) is 0 Å². The maximum atomic E-state index is 10.3. The zero-order valence-corrected chi connectivity index (χ0v) is 7.84. The number of hydrogen-bond acceptors (Lipinski definition) is 5. The fourth-order valence-electron chi connectivity index (χ4n) is 0.786. The van der Waals surface area contributed by atoms with Gasteiger partial charge in [-0.2, -0.15) is 9.97 Å². The van der Waals surface area contributed by atoms with Gasteiger partial charge in [0.15, 0.2) is 0 Å². The fraction of sp³-hybridized carbons (Fsp3) is 0.500. The van der Waals surface area contributed by atoms with E-state index >= 15 is 0 Å². The lowest BCUT2D eigenvalue weighted by molar-refractivity contribution is -0.385. The van der Waals surface area contributed by atoms with Crippen LogP contribution < -0.4 is 4.74 Å². The summed E-state index contributed by atoms with van der Waals surface area (Å²) in [6.45, 7) is 2.58. The van der Waals surface area contributed by atoms with E-state index in [-0.39, 0.29) is 11.7 Å². The van der Waals surface area contributed by atoms with Gasteiger partial charge in [0, 0.05) is 0 Å². The van der Waals surface area contributed by atoms with Gasteiger partial charge in [0.25, 0.3) is 0 Å². The minimum atomic E-state index is -0.546. The lowest BCUT2D eigenvalue weighted by Gasteiger charge is -2.01. The van der Waals surface area contributed by atoms with Crippen LogP contribution in [0.25, 0.3) is 0 Å². The Labute approximate surface area is 81.1 Å². The molecule has 1 rings (SSSR count). The van der Waals surface area contributed by atoms with Crippen LogP contribution in [0, 0.1) is 10.1 Å². The van der Waals surface area contributed by atoms with E-state index in [1.807, 2.05) is 6.92 Å². The minimum Gasteiger partial charge on any atom is -0.463 e. The minimum absolute atomic E-state index is 0.132. The maximum absolute atomic E-state index is 10.3. The normalized spacial score (nSPS) is 9.79. The Kier molecular flexibility index (Phi) is 3.78. The van der Waals surface area contributed by atoms with E-state index in [2.05, 4.69) is 9.97 Å². The molecule has 14 heavy (non-hydrogen) atoms. The first-order valence-corrected chi connectivity index (χ1v) is 4.33. The van der Waals surface area contributed by atoms with E-state index < -0.39 is 4.92 Å². The molecular weight excluding hydrogens is 186 g/mol. The summed E-state index contributed by atoms with van der Waals surface area (Å²) in [5.74, 6) is 0. The van der Waals surface area contributed by atoms with E-state index in [1.54, 1.807) is 0 Å². The van der Waals surface area contributed by atoms with Crippen LogP contribution in [0.4, 0.5) is 5.69 Å². The van der Waals surface area contributed by atoms with Gasteiger partial charge in [0.1, 0.15) is 12.4 Å². The van der Waals surface area contributed by atoms with Crippen LogP contribution in [-0.4, -0.2) is 21.5 Å². The van der Waals surface area contributed by atoms with E-state index in [9.17, 15) is 10.1 Å². The average Bonchev–Trinajstić information content (AvgIpc) is 2.19. The van der Waals surface area contributed by atoms with Crippen LogP contribution in [0.3, 0.4) is 0 Å². The number of nitro groups is 1. The smallest absolute Gasteiger partial charge is 0.316 e. The Balaban J connectivity index is 2.51. The molecule has 0 N–H and O–H groups in total. The van der Waals surface area contributed by atoms with Gasteiger partial charge in [-0.25, -0.2) is 0 Å². The molecule has 0 amide bonds. The summed E-state index contributed by atoms with van der Waals surface area (Å²) in [6, 6.07) is 0.184. The van der Waals surface area contributed by atoms with Gasteiger partial charge >= 0.3 is 11.7 Å². The van der Waals surface area contributed by atoms with Crippen molar-refractivity contribution >= 4 is 5.69 Å². The average molecular weight is 197 g/mol. The molecule has 76 valence electrons.